The third kappa shape index (κ3) is 5.34. The van der Waals surface area contributed by atoms with Gasteiger partial charge in [0.2, 0.25) is 5.91 Å². The Morgan fingerprint density at radius 3 is 2.21 bits per heavy atom. The Morgan fingerprint density at radius 2 is 1.86 bits per heavy atom. The molecule has 0 saturated heterocycles. The van der Waals surface area contributed by atoms with Gasteiger partial charge in [-0.3, -0.25) is 14.8 Å². The molecular formula is C7H17N2O4P. The highest BCUT2D eigenvalue weighted by molar-refractivity contribution is 7.53. The molecule has 1 amide bonds. The van der Waals surface area contributed by atoms with Gasteiger partial charge in [-0.25, -0.2) is 5.84 Å². The van der Waals surface area contributed by atoms with Gasteiger partial charge in [0.05, 0.1) is 19.4 Å². The Labute approximate surface area is 83.6 Å². The van der Waals surface area contributed by atoms with E-state index in [1.165, 1.54) is 0 Å². The van der Waals surface area contributed by atoms with E-state index in [-0.39, 0.29) is 18.5 Å². The molecule has 0 aromatic carbocycles. The summed E-state index contributed by atoms with van der Waals surface area (Å²) < 4.78 is 21.7. The fraction of sp³-hybridized carbons (Fsp3) is 0.857. The first kappa shape index (κ1) is 13.6. The molecule has 0 fully saturated rings. The van der Waals surface area contributed by atoms with E-state index >= 15 is 0 Å². The first-order chi connectivity index (χ1) is 6.58. The van der Waals surface area contributed by atoms with E-state index in [0.717, 1.165) is 0 Å². The quantitative estimate of drug-likeness (QED) is 0.286. The molecule has 0 spiro atoms. The zero-order valence-corrected chi connectivity index (χ0v) is 9.38. The summed E-state index contributed by atoms with van der Waals surface area (Å²) in [7, 11) is -3.10. The smallest absolute Gasteiger partial charge is 0.309 e. The van der Waals surface area contributed by atoms with Gasteiger partial charge in [0.15, 0.2) is 0 Å². The molecule has 14 heavy (non-hydrogen) atoms. The predicted octanol–water partition coefficient (Wildman–Crippen LogP) is 0.633. The van der Waals surface area contributed by atoms with Crippen LogP contribution >= 0.6 is 7.60 Å². The van der Waals surface area contributed by atoms with Crippen molar-refractivity contribution in [2.75, 3.05) is 19.4 Å². The van der Waals surface area contributed by atoms with Crippen LogP contribution in [0.1, 0.15) is 20.3 Å². The largest absolute Gasteiger partial charge is 0.331 e. The molecule has 0 heterocycles. The van der Waals surface area contributed by atoms with E-state index in [0.29, 0.717) is 13.2 Å². The number of carbonyl (C=O) groups is 1. The molecule has 6 nitrogen and oxygen atoms in total. The Morgan fingerprint density at radius 1 is 1.36 bits per heavy atom. The highest BCUT2D eigenvalue weighted by Crippen LogP contribution is 2.48. The first-order valence-corrected chi connectivity index (χ1v) is 6.18. The number of carbonyl (C=O) groups excluding carboxylic acids is 1. The van der Waals surface area contributed by atoms with Crippen LogP contribution in [0.15, 0.2) is 0 Å². The summed E-state index contributed by atoms with van der Waals surface area (Å²) in [5.41, 5.74) is 1.95. The molecule has 0 rings (SSSR count). The van der Waals surface area contributed by atoms with E-state index in [1.807, 2.05) is 5.43 Å². The Balaban J connectivity index is 4.08. The van der Waals surface area contributed by atoms with Crippen LogP contribution in [0.2, 0.25) is 0 Å². The summed E-state index contributed by atoms with van der Waals surface area (Å²) in [5, 5.41) is 0. The van der Waals surface area contributed by atoms with Crippen LogP contribution in [-0.2, 0) is 18.4 Å². The van der Waals surface area contributed by atoms with Gasteiger partial charge in [-0.1, -0.05) is 0 Å². The van der Waals surface area contributed by atoms with Gasteiger partial charge >= 0.3 is 7.60 Å². The molecule has 0 aliphatic carbocycles. The van der Waals surface area contributed by atoms with Crippen molar-refractivity contribution in [2.24, 2.45) is 5.84 Å². The minimum atomic E-state index is -3.10. The molecule has 84 valence electrons. The molecule has 0 bridgehead atoms. The number of rotatable bonds is 7. The van der Waals surface area contributed by atoms with Gasteiger partial charge in [-0.2, -0.15) is 0 Å². The fourth-order valence-corrected chi connectivity index (χ4v) is 2.47. The van der Waals surface area contributed by atoms with Crippen molar-refractivity contribution in [3.05, 3.63) is 0 Å². The maximum atomic E-state index is 11.8. The summed E-state index contributed by atoms with van der Waals surface area (Å²) in [6, 6.07) is 0. The van der Waals surface area contributed by atoms with Gasteiger partial charge in [0.1, 0.15) is 0 Å². The van der Waals surface area contributed by atoms with Crippen molar-refractivity contribution in [1.82, 2.24) is 5.43 Å². The Hall–Kier alpha value is -0.420. The number of hydrogen-bond donors (Lipinski definition) is 2. The molecule has 0 unspecified atom stereocenters. The van der Waals surface area contributed by atoms with Crippen molar-refractivity contribution in [3.63, 3.8) is 0 Å². The minimum absolute atomic E-state index is 0.0355. The van der Waals surface area contributed by atoms with Crippen molar-refractivity contribution in [3.8, 4) is 0 Å². The van der Waals surface area contributed by atoms with E-state index in [1.54, 1.807) is 13.8 Å². The number of hydrazine groups is 1. The summed E-state index contributed by atoms with van der Waals surface area (Å²) in [4.78, 5) is 10.8. The molecule has 7 heteroatoms. The highest BCUT2D eigenvalue weighted by atomic mass is 31.2. The van der Waals surface area contributed by atoms with Crippen LogP contribution in [0.5, 0.6) is 0 Å². The highest BCUT2D eigenvalue weighted by Gasteiger charge is 2.24. The van der Waals surface area contributed by atoms with Crippen molar-refractivity contribution in [1.29, 1.82) is 0 Å². The molecule has 0 atom stereocenters. The van der Waals surface area contributed by atoms with E-state index in [2.05, 4.69) is 0 Å². The predicted molar refractivity (Wildman–Crippen MR) is 52.7 cm³/mol. The number of hydrogen-bond acceptors (Lipinski definition) is 5. The van der Waals surface area contributed by atoms with Gasteiger partial charge in [-0.05, 0) is 13.8 Å². The molecule has 0 aliphatic heterocycles. The third-order valence-corrected chi connectivity index (χ3v) is 3.50. The van der Waals surface area contributed by atoms with E-state index in [9.17, 15) is 9.36 Å². The van der Waals surface area contributed by atoms with Crippen molar-refractivity contribution >= 4 is 13.5 Å². The zero-order valence-electron chi connectivity index (χ0n) is 8.49. The summed E-state index contributed by atoms with van der Waals surface area (Å²) in [6.07, 6.45) is 0.0888. The molecule has 0 saturated carbocycles. The number of nitrogens with two attached hydrogens (primary N) is 1. The van der Waals surface area contributed by atoms with Crippen LogP contribution in [0.3, 0.4) is 0 Å². The molecule has 3 N–H and O–H groups in total. The topological polar surface area (TPSA) is 90.7 Å². The number of nitrogens with one attached hydrogen (secondary N) is 1. The van der Waals surface area contributed by atoms with Crippen LogP contribution in [0.4, 0.5) is 0 Å². The van der Waals surface area contributed by atoms with Gasteiger partial charge in [0, 0.05) is 6.42 Å². The maximum Gasteiger partial charge on any atom is 0.331 e. The summed E-state index contributed by atoms with van der Waals surface area (Å²) >= 11 is 0. The fourth-order valence-electron chi connectivity index (χ4n) is 0.870. The Bertz CT molecular complexity index is 212. The van der Waals surface area contributed by atoms with Gasteiger partial charge < -0.3 is 9.05 Å². The Kier molecular flexibility index (Phi) is 6.74. The van der Waals surface area contributed by atoms with E-state index < -0.39 is 7.60 Å². The molecular weight excluding hydrogens is 207 g/mol. The normalized spacial score (nSPS) is 11.4. The maximum absolute atomic E-state index is 11.8. The lowest BCUT2D eigenvalue weighted by Gasteiger charge is -2.16. The second kappa shape index (κ2) is 6.95. The van der Waals surface area contributed by atoms with E-state index in [4.69, 9.17) is 14.9 Å². The monoisotopic (exact) mass is 224 g/mol. The molecule has 0 radical (unpaired) electrons. The summed E-state index contributed by atoms with van der Waals surface area (Å²) in [6.45, 7) is 4.02. The second-order valence-corrected chi connectivity index (χ2v) is 4.67. The third-order valence-electron chi connectivity index (χ3n) is 1.43. The number of amides is 1. The first-order valence-electron chi connectivity index (χ1n) is 4.45. The molecule has 0 aliphatic rings. The van der Waals surface area contributed by atoms with Crippen LogP contribution in [-0.4, -0.2) is 25.3 Å². The standard InChI is InChI=1S/C7H17N2O4P/c1-3-12-14(11,13-4-2)6-5-7(10)9-8/h3-6,8H2,1-2H3,(H,9,10). The zero-order chi connectivity index (χ0) is 11.0. The van der Waals surface area contributed by atoms with Crippen LogP contribution in [0.25, 0.3) is 0 Å². The lowest BCUT2D eigenvalue weighted by atomic mass is 10.5. The lowest BCUT2D eigenvalue weighted by molar-refractivity contribution is -0.120. The SMILES string of the molecule is CCOP(=O)(CCC(=O)NN)OCC. The average molecular weight is 224 g/mol. The average Bonchev–Trinajstić information content (AvgIpc) is 2.15. The lowest BCUT2D eigenvalue weighted by Crippen LogP contribution is -2.30. The second-order valence-electron chi connectivity index (χ2n) is 2.49. The summed E-state index contributed by atoms with van der Waals surface area (Å²) in [5.74, 6) is 4.49. The van der Waals surface area contributed by atoms with Crippen LogP contribution in [0, 0.1) is 0 Å². The van der Waals surface area contributed by atoms with Crippen molar-refractivity contribution < 1.29 is 18.4 Å². The van der Waals surface area contributed by atoms with Gasteiger partial charge in [-0.15, -0.1) is 0 Å². The molecule has 0 aromatic rings. The molecule has 0 aromatic heterocycles. The minimum Gasteiger partial charge on any atom is -0.309 e. The van der Waals surface area contributed by atoms with Crippen LogP contribution < -0.4 is 11.3 Å². The van der Waals surface area contributed by atoms with Gasteiger partial charge in [0.25, 0.3) is 0 Å². The van der Waals surface area contributed by atoms with Crippen molar-refractivity contribution in [2.45, 2.75) is 20.3 Å².